The first-order valence-electron chi connectivity index (χ1n) is 9.17. The number of ketones is 1. The molecule has 0 saturated carbocycles. The maximum atomic E-state index is 13.1. The van der Waals surface area contributed by atoms with Crippen LogP contribution in [0.3, 0.4) is 0 Å². The lowest BCUT2D eigenvalue weighted by Crippen LogP contribution is -2.38. The van der Waals surface area contributed by atoms with E-state index in [1.54, 1.807) is 36.4 Å². The van der Waals surface area contributed by atoms with Gasteiger partial charge in [0, 0.05) is 18.3 Å². The number of likely N-dealkylation sites (N-methyl/N-ethyl adjacent to an activating group) is 1. The maximum Gasteiger partial charge on any atom is 0.338 e. The normalized spacial score (nSPS) is 11.5. The van der Waals surface area contributed by atoms with Gasteiger partial charge in [-0.05, 0) is 31.2 Å². The maximum absolute atomic E-state index is 13.1. The molecule has 0 radical (unpaired) electrons. The fraction of sp³-hybridized carbons (Fsp3) is 0.167. The Bertz CT molecular complexity index is 921. The lowest BCUT2D eigenvalue weighted by Gasteiger charge is -2.25. The third kappa shape index (κ3) is 4.86. The molecule has 0 aliphatic carbocycles. The number of carbonyl (C=O) groups excluding carboxylic acids is 2. The molecule has 28 heavy (non-hydrogen) atoms. The predicted molar refractivity (Wildman–Crippen MR) is 111 cm³/mol. The molecule has 4 nitrogen and oxygen atoms in total. The van der Waals surface area contributed by atoms with Crippen molar-refractivity contribution in [2.45, 2.75) is 13.0 Å². The van der Waals surface area contributed by atoms with Crippen LogP contribution in [0, 0.1) is 6.92 Å². The van der Waals surface area contributed by atoms with E-state index < -0.39 is 12.1 Å². The number of carbonyl (C=O) groups is 2. The SMILES string of the molecule is Cc1ccc(C(=O)C(CN(C)c2ccccc2)OC(=O)c2ccccc2)cc1. The molecule has 0 aliphatic rings. The molecule has 3 aromatic rings. The van der Waals surface area contributed by atoms with Gasteiger partial charge in [0.15, 0.2) is 6.10 Å². The molecule has 0 aliphatic heterocycles. The molecule has 0 amide bonds. The summed E-state index contributed by atoms with van der Waals surface area (Å²) < 4.78 is 5.65. The third-order valence-corrected chi connectivity index (χ3v) is 4.52. The minimum absolute atomic E-state index is 0.216. The van der Waals surface area contributed by atoms with Crippen molar-refractivity contribution in [2.24, 2.45) is 0 Å². The van der Waals surface area contributed by atoms with Crippen molar-refractivity contribution >= 4 is 17.4 Å². The van der Waals surface area contributed by atoms with Crippen molar-refractivity contribution in [3.05, 3.63) is 102 Å². The molecule has 1 atom stereocenters. The summed E-state index contributed by atoms with van der Waals surface area (Å²) in [4.78, 5) is 27.6. The quantitative estimate of drug-likeness (QED) is 0.451. The highest BCUT2D eigenvalue weighted by molar-refractivity contribution is 6.02. The monoisotopic (exact) mass is 373 g/mol. The van der Waals surface area contributed by atoms with Crippen LogP contribution in [0.4, 0.5) is 5.69 Å². The van der Waals surface area contributed by atoms with Crippen LogP contribution in [0.25, 0.3) is 0 Å². The molecule has 0 spiro atoms. The van der Waals surface area contributed by atoms with Gasteiger partial charge in [-0.2, -0.15) is 0 Å². The second-order valence-electron chi connectivity index (χ2n) is 6.71. The number of hydrogen-bond acceptors (Lipinski definition) is 4. The molecule has 3 aromatic carbocycles. The molecule has 0 aromatic heterocycles. The summed E-state index contributed by atoms with van der Waals surface area (Å²) in [5.41, 5.74) is 2.96. The molecule has 0 saturated heterocycles. The number of ether oxygens (including phenoxy) is 1. The van der Waals surface area contributed by atoms with Crippen molar-refractivity contribution in [3.8, 4) is 0 Å². The third-order valence-electron chi connectivity index (χ3n) is 4.52. The first kappa shape index (κ1) is 19.4. The smallest absolute Gasteiger partial charge is 0.338 e. The summed E-state index contributed by atoms with van der Waals surface area (Å²) in [5, 5.41) is 0. The Morgan fingerprint density at radius 2 is 1.39 bits per heavy atom. The zero-order valence-electron chi connectivity index (χ0n) is 16.0. The Balaban J connectivity index is 1.83. The van der Waals surface area contributed by atoms with Crippen LogP contribution in [0.1, 0.15) is 26.3 Å². The van der Waals surface area contributed by atoms with Gasteiger partial charge in [0.2, 0.25) is 5.78 Å². The van der Waals surface area contributed by atoms with Gasteiger partial charge in [-0.1, -0.05) is 66.2 Å². The Morgan fingerprint density at radius 1 is 0.821 bits per heavy atom. The number of para-hydroxylation sites is 1. The average molecular weight is 373 g/mol. The number of aryl methyl sites for hydroxylation is 1. The Hall–Kier alpha value is -3.40. The number of hydrogen-bond donors (Lipinski definition) is 0. The van der Waals surface area contributed by atoms with Crippen molar-refractivity contribution in [1.82, 2.24) is 0 Å². The highest BCUT2D eigenvalue weighted by Crippen LogP contribution is 2.16. The van der Waals surface area contributed by atoms with Gasteiger partial charge in [-0.25, -0.2) is 4.79 Å². The summed E-state index contributed by atoms with van der Waals surface area (Å²) in [6, 6.07) is 25.7. The summed E-state index contributed by atoms with van der Waals surface area (Å²) in [5.74, 6) is -0.723. The number of anilines is 1. The zero-order valence-corrected chi connectivity index (χ0v) is 16.0. The van der Waals surface area contributed by atoms with E-state index in [9.17, 15) is 9.59 Å². The van der Waals surface area contributed by atoms with Crippen molar-refractivity contribution in [1.29, 1.82) is 0 Å². The van der Waals surface area contributed by atoms with Crippen molar-refractivity contribution in [2.75, 3.05) is 18.5 Å². The molecule has 0 N–H and O–H groups in total. The number of Topliss-reactive ketones (excluding diaryl/α,β-unsaturated/α-hetero) is 1. The average Bonchev–Trinajstić information content (AvgIpc) is 2.74. The van der Waals surface area contributed by atoms with Gasteiger partial charge in [-0.3, -0.25) is 4.79 Å². The first-order valence-corrected chi connectivity index (χ1v) is 9.17. The second kappa shape index (κ2) is 9.00. The van der Waals surface area contributed by atoms with E-state index in [0.29, 0.717) is 11.1 Å². The molecule has 1 unspecified atom stereocenters. The van der Waals surface area contributed by atoms with Gasteiger partial charge >= 0.3 is 5.97 Å². The number of benzene rings is 3. The van der Waals surface area contributed by atoms with Gasteiger partial charge in [0.1, 0.15) is 0 Å². The fourth-order valence-electron chi connectivity index (χ4n) is 2.89. The highest BCUT2D eigenvalue weighted by Gasteiger charge is 2.26. The van der Waals surface area contributed by atoms with Crippen LogP contribution in [-0.4, -0.2) is 31.4 Å². The molecule has 3 rings (SSSR count). The molecule has 0 heterocycles. The first-order chi connectivity index (χ1) is 13.5. The van der Waals surface area contributed by atoms with Crippen LogP contribution in [0.2, 0.25) is 0 Å². The van der Waals surface area contributed by atoms with Gasteiger partial charge in [0.05, 0.1) is 12.1 Å². The molecule has 0 bridgehead atoms. The molecule has 4 heteroatoms. The van der Waals surface area contributed by atoms with E-state index in [4.69, 9.17) is 4.74 Å². The summed E-state index contributed by atoms with van der Waals surface area (Å²) in [6.45, 7) is 2.22. The van der Waals surface area contributed by atoms with Gasteiger partial charge in [-0.15, -0.1) is 0 Å². The molecular formula is C24H23NO3. The van der Waals surface area contributed by atoms with E-state index >= 15 is 0 Å². The minimum Gasteiger partial charge on any atom is -0.448 e. The Kier molecular flexibility index (Phi) is 6.22. The summed E-state index contributed by atoms with van der Waals surface area (Å²) in [7, 11) is 1.88. The van der Waals surface area contributed by atoms with Crippen LogP contribution in [-0.2, 0) is 4.74 Å². The summed E-state index contributed by atoms with van der Waals surface area (Å²) >= 11 is 0. The van der Waals surface area contributed by atoms with Crippen LogP contribution in [0.15, 0.2) is 84.9 Å². The van der Waals surface area contributed by atoms with Gasteiger partial charge < -0.3 is 9.64 Å². The molecular weight excluding hydrogens is 350 g/mol. The van der Waals surface area contributed by atoms with Crippen LogP contribution in [0.5, 0.6) is 0 Å². The topological polar surface area (TPSA) is 46.6 Å². The van der Waals surface area contributed by atoms with Gasteiger partial charge in [0.25, 0.3) is 0 Å². The molecule has 0 fully saturated rings. The van der Waals surface area contributed by atoms with E-state index in [2.05, 4.69) is 0 Å². The van der Waals surface area contributed by atoms with E-state index in [1.807, 2.05) is 67.4 Å². The van der Waals surface area contributed by atoms with Crippen molar-refractivity contribution in [3.63, 3.8) is 0 Å². The Labute approximate surface area is 165 Å². The number of nitrogens with zero attached hydrogens (tertiary/aromatic N) is 1. The van der Waals surface area contributed by atoms with Crippen molar-refractivity contribution < 1.29 is 14.3 Å². The zero-order chi connectivity index (χ0) is 19.9. The minimum atomic E-state index is -0.916. The van der Waals surface area contributed by atoms with E-state index in [0.717, 1.165) is 11.3 Å². The molecule has 142 valence electrons. The van der Waals surface area contributed by atoms with E-state index in [1.165, 1.54) is 0 Å². The number of rotatable bonds is 7. The standard InChI is InChI=1S/C24H23NO3/c1-18-13-15-19(16-14-18)23(26)22(17-25(2)21-11-7-4-8-12-21)28-24(27)20-9-5-3-6-10-20/h3-16,22H,17H2,1-2H3. The fourth-order valence-corrected chi connectivity index (χ4v) is 2.89. The second-order valence-corrected chi connectivity index (χ2v) is 6.71. The number of esters is 1. The lowest BCUT2D eigenvalue weighted by atomic mass is 10.0. The van der Waals surface area contributed by atoms with E-state index in [-0.39, 0.29) is 12.3 Å². The van der Waals surface area contributed by atoms with Crippen LogP contribution >= 0.6 is 0 Å². The summed E-state index contributed by atoms with van der Waals surface area (Å²) in [6.07, 6.45) is -0.916. The largest absolute Gasteiger partial charge is 0.448 e. The lowest BCUT2D eigenvalue weighted by molar-refractivity contribution is 0.0299. The highest BCUT2D eigenvalue weighted by atomic mass is 16.5. The Morgan fingerprint density at radius 3 is 2.00 bits per heavy atom. The van der Waals surface area contributed by atoms with Crippen LogP contribution < -0.4 is 4.90 Å². The predicted octanol–water partition coefficient (Wildman–Crippen LogP) is 4.54.